The number of methoxy groups -OCH3 is 2. The second-order valence-electron chi connectivity index (χ2n) is 6.59. The Kier molecular flexibility index (Phi) is 6.34. The van der Waals surface area contributed by atoms with E-state index in [1.54, 1.807) is 36.6 Å². The normalized spacial score (nSPS) is 10.4. The van der Waals surface area contributed by atoms with Crippen molar-refractivity contribution in [3.8, 4) is 22.8 Å². The molecule has 2 aromatic carbocycles. The molecule has 29 heavy (non-hydrogen) atoms. The third-order valence-corrected chi connectivity index (χ3v) is 5.56. The summed E-state index contributed by atoms with van der Waals surface area (Å²) >= 11 is 1.69. The lowest BCUT2D eigenvalue weighted by atomic mass is 10.1. The second-order valence-corrected chi connectivity index (χ2v) is 7.43. The first kappa shape index (κ1) is 20.6. The van der Waals surface area contributed by atoms with E-state index in [9.17, 15) is 4.79 Å². The van der Waals surface area contributed by atoms with Gasteiger partial charge in [0.1, 0.15) is 11.5 Å². The van der Waals surface area contributed by atoms with Crippen LogP contribution in [0.1, 0.15) is 28.5 Å². The van der Waals surface area contributed by atoms with E-state index in [0.717, 1.165) is 10.7 Å². The summed E-state index contributed by atoms with van der Waals surface area (Å²) < 4.78 is 12.2. The summed E-state index contributed by atoms with van der Waals surface area (Å²) in [6.45, 7) is 5.73. The van der Waals surface area contributed by atoms with Gasteiger partial charge in [-0.1, -0.05) is 24.3 Å². The first-order chi connectivity index (χ1) is 13.9. The maximum Gasteiger partial charge on any atom is 0.194 e. The molecular weight excluding hydrogens is 384 g/mol. The highest BCUT2D eigenvalue weighted by molar-refractivity contribution is 7.15. The van der Waals surface area contributed by atoms with Crippen molar-refractivity contribution in [3.05, 3.63) is 70.9 Å². The molecule has 4 aromatic rings. The van der Waals surface area contributed by atoms with Crippen LogP contribution in [0.4, 0.5) is 0 Å². The molecule has 5 nitrogen and oxygen atoms in total. The van der Waals surface area contributed by atoms with Crippen LogP contribution in [-0.2, 0) is 0 Å². The molecule has 4 rings (SSSR count). The Labute approximate surface area is 174 Å². The average Bonchev–Trinajstić information content (AvgIpc) is 3.30. The van der Waals surface area contributed by atoms with Crippen LogP contribution < -0.4 is 9.47 Å². The van der Waals surface area contributed by atoms with Crippen molar-refractivity contribution in [3.63, 3.8) is 0 Å². The summed E-state index contributed by atoms with van der Waals surface area (Å²) in [5, 5.41) is 2.13. The predicted molar refractivity (Wildman–Crippen MR) is 118 cm³/mol. The lowest BCUT2D eigenvalue weighted by molar-refractivity contribution is 0.101. The van der Waals surface area contributed by atoms with Gasteiger partial charge in [-0.15, -0.1) is 11.3 Å². The van der Waals surface area contributed by atoms with Crippen LogP contribution in [0.2, 0.25) is 0 Å². The lowest BCUT2D eigenvalue weighted by Gasteiger charge is -2.07. The van der Waals surface area contributed by atoms with Crippen LogP contribution in [0, 0.1) is 13.8 Å². The van der Waals surface area contributed by atoms with Gasteiger partial charge in [-0.05, 0) is 38.5 Å². The molecule has 0 aliphatic rings. The number of fused-ring (bicyclic) bond motifs is 1. The molecule has 0 aliphatic carbocycles. The number of imidazole rings is 1. The summed E-state index contributed by atoms with van der Waals surface area (Å²) in [5.74, 6) is 1.22. The van der Waals surface area contributed by atoms with Gasteiger partial charge in [-0.3, -0.25) is 9.20 Å². The van der Waals surface area contributed by atoms with Crippen molar-refractivity contribution in [1.82, 2.24) is 9.38 Å². The number of aryl methyl sites for hydroxylation is 2. The zero-order valence-electron chi connectivity index (χ0n) is 17.2. The van der Waals surface area contributed by atoms with E-state index in [-0.39, 0.29) is 5.78 Å². The number of benzene rings is 2. The Bertz CT molecular complexity index is 1140. The number of hydrogen-bond acceptors (Lipinski definition) is 5. The quantitative estimate of drug-likeness (QED) is 0.413. The SMILES string of the molecule is COc1ccc(C(C)=O)c(OC)c1.Cc1ccccc1-c1cn2c(C)csc2n1. The van der Waals surface area contributed by atoms with E-state index in [4.69, 9.17) is 9.47 Å². The molecule has 0 amide bonds. The number of thiazole rings is 1. The van der Waals surface area contributed by atoms with Gasteiger partial charge in [0.05, 0.1) is 25.5 Å². The minimum absolute atomic E-state index is 0.0143. The van der Waals surface area contributed by atoms with Gasteiger partial charge < -0.3 is 9.47 Å². The molecule has 0 spiro atoms. The van der Waals surface area contributed by atoms with E-state index < -0.39 is 0 Å². The van der Waals surface area contributed by atoms with Gasteiger partial charge in [0, 0.05) is 28.9 Å². The largest absolute Gasteiger partial charge is 0.497 e. The molecule has 150 valence electrons. The summed E-state index contributed by atoms with van der Waals surface area (Å²) in [6.07, 6.45) is 2.11. The van der Waals surface area contributed by atoms with Crippen molar-refractivity contribution in [2.45, 2.75) is 20.8 Å². The molecule has 2 aromatic heterocycles. The average molecular weight is 409 g/mol. The number of nitrogens with zero attached hydrogens (tertiary/aromatic N) is 2. The number of ether oxygens (including phenoxy) is 2. The van der Waals surface area contributed by atoms with Gasteiger partial charge in [0.15, 0.2) is 10.7 Å². The molecule has 2 heterocycles. The molecule has 6 heteroatoms. The third kappa shape index (κ3) is 4.49. The molecule has 0 saturated heterocycles. The highest BCUT2D eigenvalue weighted by Crippen LogP contribution is 2.26. The van der Waals surface area contributed by atoms with Crippen LogP contribution in [0.25, 0.3) is 16.2 Å². The van der Waals surface area contributed by atoms with Crippen LogP contribution in [0.5, 0.6) is 11.5 Å². The van der Waals surface area contributed by atoms with Gasteiger partial charge in [-0.2, -0.15) is 0 Å². The zero-order valence-corrected chi connectivity index (χ0v) is 18.0. The number of carbonyl (C=O) groups is 1. The number of ketones is 1. The molecule has 0 saturated carbocycles. The maximum atomic E-state index is 11.1. The molecule has 0 bridgehead atoms. The smallest absolute Gasteiger partial charge is 0.194 e. The number of aromatic nitrogens is 2. The Morgan fingerprint density at radius 3 is 2.45 bits per heavy atom. The Morgan fingerprint density at radius 1 is 1.07 bits per heavy atom. The van der Waals surface area contributed by atoms with Gasteiger partial charge in [-0.25, -0.2) is 4.98 Å². The van der Waals surface area contributed by atoms with E-state index in [2.05, 4.69) is 59.1 Å². The molecule has 0 N–H and O–H groups in total. The van der Waals surface area contributed by atoms with Gasteiger partial charge in [0.2, 0.25) is 0 Å². The van der Waals surface area contributed by atoms with Crippen molar-refractivity contribution in [2.24, 2.45) is 0 Å². The Hall–Kier alpha value is -3.12. The van der Waals surface area contributed by atoms with E-state index in [1.165, 1.54) is 30.9 Å². The van der Waals surface area contributed by atoms with E-state index in [1.807, 2.05) is 0 Å². The van der Waals surface area contributed by atoms with Gasteiger partial charge >= 0.3 is 0 Å². The Balaban J connectivity index is 0.000000170. The number of Topliss-reactive ketones (excluding diaryl/α,β-unsaturated/α-hetero) is 1. The summed E-state index contributed by atoms with van der Waals surface area (Å²) in [5.41, 5.74) is 5.37. The molecule has 0 aliphatic heterocycles. The highest BCUT2D eigenvalue weighted by Gasteiger charge is 2.09. The molecule has 0 atom stereocenters. The van der Waals surface area contributed by atoms with Gasteiger partial charge in [0.25, 0.3) is 0 Å². The standard InChI is InChI=1S/C13H12N2S.C10H12O3/c1-9-5-3-4-6-11(9)12-7-15-10(2)8-16-13(15)14-12;1-7(11)9-5-4-8(12-2)6-10(9)13-3/h3-8H,1-2H3;4-6H,1-3H3. The van der Waals surface area contributed by atoms with E-state index in [0.29, 0.717) is 17.1 Å². The highest BCUT2D eigenvalue weighted by atomic mass is 32.1. The summed E-state index contributed by atoms with van der Waals surface area (Å²) in [6, 6.07) is 13.5. The fourth-order valence-electron chi connectivity index (χ4n) is 2.97. The first-order valence-electron chi connectivity index (χ1n) is 9.16. The monoisotopic (exact) mass is 408 g/mol. The minimum atomic E-state index is -0.0143. The first-order valence-corrected chi connectivity index (χ1v) is 10.0. The zero-order chi connectivity index (χ0) is 21.0. The topological polar surface area (TPSA) is 52.8 Å². The van der Waals surface area contributed by atoms with Crippen molar-refractivity contribution in [2.75, 3.05) is 14.2 Å². The van der Waals surface area contributed by atoms with Crippen molar-refractivity contribution >= 4 is 22.1 Å². The summed E-state index contributed by atoms with van der Waals surface area (Å²) in [4.78, 5) is 16.8. The maximum absolute atomic E-state index is 11.1. The Morgan fingerprint density at radius 2 is 1.83 bits per heavy atom. The second kappa shape index (κ2) is 8.92. The fraction of sp³-hybridized carbons (Fsp3) is 0.217. The van der Waals surface area contributed by atoms with Crippen LogP contribution >= 0.6 is 11.3 Å². The van der Waals surface area contributed by atoms with Crippen molar-refractivity contribution < 1.29 is 14.3 Å². The van der Waals surface area contributed by atoms with Crippen molar-refractivity contribution in [1.29, 1.82) is 0 Å². The molecule has 0 fully saturated rings. The van der Waals surface area contributed by atoms with E-state index >= 15 is 0 Å². The number of hydrogen-bond donors (Lipinski definition) is 0. The third-order valence-electron chi connectivity index (χ3n) is 4.60. The lowest BCUT2D eigenvalue weighted by Crippen LogP contribution is -1.97. The molecule has 0 unspecified atom stereocenters. The molecular formula is C23H24N2O3S. The van der Waals surface area contributed by atoms with Crippen LogP contribution in [-0.4, -0.2) is 29.4 Å². The molecule has 0 radical (unpaired) electrons. The minimum Gasteiger partial charge on any atom is -0.497 e. The fourth-order valence-corrected chi connectivity index (χ4v) is 3.82. The predicted octanol–water partition coefficient (Wildman–Crippen LogP) is 5.59. The number of carbonyl (C=O) groups excluding carboxylic acids is 1. The van der Waals surface area contributed by atoms with Crippen LogP contribution in [0.15, 0.2) is 54.0 Å². The number of rotatable bonds is 4. The van der Waals surface area contributed by atoms with Crippen LogP contribution in [0.3, 0.4) is 0 Å². The summed E-state index contributed by atoms with van der Waals surface area (Å²) in [7, 11) is 3.10.